The van der Waals surface area contributed by atoms with E-state index in [-0.39, 0.29) is 12.5 Å². The van der Waals surface area contributed by atoms with E-state index >= 15 is 0 Å². The molecule has 2 N–H and O–H groups in total. The van der Waals surface area contributed by atoms with Gasteiger partial charge in [-0.05, 0) is 5.92 Å². The lowest BCUT2D eigenvalue weighted by Crippen LogP contribution is -2.38. The van der Waals surface area contributed by atoms with Crippen molar-refractivity contribution in [3.8, 4) is 0 Å². The second-order valence-electron chi connectivity index (χ2n) is 2.99. The van der Waals surface area contributed by atoms with Crippen molar-refractivity contribution in [1.82, 2.24) is 0 Å². The van der Waals surface area contributed by atoms with Crippen molar-refractivity contribution in [3.05, 3.63) is 0 Å². The molecule has 13 heavy (non-hydrogen) atoms. The molecule has 0 fully saturated rings. The van der Waals surface area contributed by atoms with Crippen LogP contribution < -0.4 is 5.73 Å². The fraction of sp³-hybridized carbons (Fsp3) is 0.857. The van der Waals surface area contributed by atoms with Gasteiger partial charge in [0.25, 0.3) is 0 Å². The highest BCUT2D eigenvalue weighted by atomic mass is 35.6. The average molecular weight is 249 g/mol. The van der Waals surface area contributed by atoms with E-state index in [1.165, 1.54) is 0 Å². The van der Waals surface area contributed by atoms with E-state index in [2.05, 4.69) is 4.74 Å². The van der Waals surface area contributed by atoms with Gasteiger partial charge in [0.1, 0.15) is 12.6 Å². The largest absolute Gasteiger partial charge is 0.460 e. The molecule has 0 aromatic rings. The fourth-order valence-corrected chi connectivity index (χ4v) is 0.685. The highest BCUT2D eigenvalue weighted by molar-refractivity contribution is 6.67. The summed E-state index contributed by atoms with van der Waals surface area (Å²) in [4.78, 5) is 11.1. The van der Waals surface area contributed by atoms with E-state index in [1.54, 1.807) is 13.8 Å². The Morgan fingerprint density at radius 1 is 1.46 bits per heavy atom. The summed E-state index contributed by atoms with van der Waals surface area (Å²) in [5, 5.41) is 0. The van der Waals surface area contributed by atoms with Gasteiger partial charge >= 0.3 is 5.97 Å². The van der Waals surface area contributed by atoms with Gasteiger partial charge in [0.2, 0.25) is 3.79 Å². The molecular formula is C7H12Cl3NO2. The molecule has 1 atom stereocenters. The van der Waals surface area contributed by atoms with E-state index in [4.69, 9.17) is 40.5 Å². The number of alkyl halides is 3. The average Bonchev–Trinajstić information content (AvgIpc) is 1.97. The molecule has 0 aliphatic heterocycles. The first kappa shape index (κ1) is 13.3. The van der Waals surface area contributed by atoms with Crippen LogP contribution in [0, 0.1) is 5.92 Å². The van der Waals surface area contributed by atoms with Crippen LogP contribution in [0.5, 0.6) is 0 Å². The Bertz CT molecular complexity index is 179. The molecule has 0 radical (unpaired) electrons. The minimum Gasteiger partial charge on any atom is -0.460 e. The number of halogens is 3. The Kier molecular flexibility index (Phi) is 5.37. The fourth-order valence-electron chi connectivity index (χ4n) is 0.521. The number of carbonyl (C=O) groups excluding carboxylic acids is 1. The standard InChI is InChI=1S/C7H12Cl3NO2/c1-4(2)5(11)6(12)13-3-7(8,9)10/h4-5H,3,11H2,1-2H3/t5-/m0/s1. The van der Waals surface area contributed by atoms with Gasteiger partial charge < -0.3 is 10.5 Å². The van der Waals surface area contributed by atoms with Crippen LogP contribution in [-0.4, -0.2) is 22.4 Å². The number of rotatable bonds is 3. The summed E-state index contributed by atoms with van der Waals surface area (Å²) in [6.45, 7) is 3.33. The summed E-state index contributed by atoms with van der Waals surface area (Å²) >= 11 is 16.1. The number of esters is 1. The lowest BCUT2D eigenvalue weighted by Gasteiger charge is -2.16. The van der Waals surface area contributed by atoms with Gasteiger partial charge in [-0.2, -0.15) is 0 Å². The summed E-state index contributed by atoms with van der Waals surface area (Å²) in [6, 6.07) is -0.674. The molecule has 0 aromatic heterocycles. The van der Waals surface area contributed by atoms with Crippen LogP contribution in [0.15, 0.2) is 0 Å². The van der Waals surface area contributed by atoms with Crippen LogP contribution in [0.2, 0.25) is 0 Å². The molecule has 6 heteroatoms. The molecule has 0 spiro atoms. The van der Waals surface area contributed by atoms with E-state index in [1.807, 2.05) is 0 Å². The number of carbonyl (C=O) groups is 1. The summed E-state index contributed by atoms with van der Waals surface area (Å²) < 4.78 is 3.09. The molecule has 0 aliphatic carbocycles. The quantitative estimate of drug-likeness (QED) is 0.613. The third-order valence-electron chi connectivity index (χ3n) is 1.37. The minimum atomic E-state index is -1.58. The number of hydrogen-bond donors (Lipinski definition) is 1. The minimum absolute atomic E-state index is 0.00266. The molecule has 0 unspecified atom stereocenters. The number of hydrogen-bond acceptors (Lipinski definition) is 3. The van der Waals surface area contributed by atoms with Gasteiger partial charge in [0.15, 0.2) is 0 Å². The second kappa shape index (κ2) is 5.25. The molecule has 0 amide bonds. The molecular weight excluding hydrogens is 236 g/mol. The molecule has 3 nitrogen and oxygen atoms in total. The molecule has 78 valence electrons. The predicted octanol–water partition coefficient (Wildman–Crippen LogP) is 1.88. The van der Waals surface area contributed by atoms with E-state index in [0.29, 0.717) is 0 Å². The third kappa shape index (κ3) is 6.38. The van der Waals surface area contributed by atoms with Crippen molar-refractivity contribution in [1.29, 1.82) is 0 Å². The van der Waals surface area contributed by atoms with E-state index in [0.717, 1.165) is 0 Å². The molecule has 0 bridgehead atoms. The normalized spacial score (nSPS) is 14.4. The maximum Gasteiger partial charge on any atom is 0.323 e. The van der Waals surface area contributed by atoms with Gasteiger partial charge in [-0.1, -0.05) is 48.7 Å². The van der Waals surface area contributed by atoms with Gasteiger partial charge in [-0.15, -0.1) is 0 Å². The first-order valence-corrected chi connectivity index (χ1v) is 4.86. The van der Waals surface area contributed by atoms with E-state index < -0.39 is 15.8 Å². The van der Waals surface area contributed by atoms with Gasteiger partial charge in [0, 0.05) is 0 Å². The van der Waals surface area contributed by atoms with Crippen molar-refractivity contribution in [3.63, 3.8) is 0 Å². The maximum absolute atomic E-state index is 11.1. The number of ether oxygens (including phenoxy) is 1. The highest BCUT2D eigenvalue weighted by Crippen LogP contribution is 2.26. The SMILES string of the molecule is CC(C)[C@H](N)C(=O)OCC(Cl)(Cl)Cl. The lowest BCUT2D eigenvalue weighted by atomic mass is 10.1. The topological polar surface area (TPSA) is 52.3 Å². The van der Waals surface area contributed by atoms with Crippen LogP contribution in [0.4, 0.5) is 0 Å². The smallest absolute Gasteiger partial charge is 0.323 e. The van der Waals surface area contributed by atoms with Crippen LogP contribution in [-0.2, 0) is 9.53 Å². The Morgan fingerprint density at radius 2 is 1.92 bits per heavy atom. The highest BCUT2D eigenvalue weighted by Gasteiger charge is 2.25. The van der Waals surface area contributed by atoms with Crippen molar-refractivity contribution in [2.24, 2.45) is 11.7 Å². The van der Waals surface area contributed by atoms with Crippen LogP contribution in [0.25, 0.3) is 0 Å². The first-order valence-electron chi connectivity index (χ1n) is 3.73. The lowest BCUT2D eigenvalue weighted by molar-refractivity contribution is -0.146. The van der Waals surface area contributed by atoms with Crippen molar-refractivity contribution in [2.45, 2.75) is 23.7 Å². The zero-order valence-corrected chi connectivity index (χ0v) is 9.66. The molecule has 0 aromatic carbocycles. The van der Waals surface area contributed by atoms with Gasteiger partial charge in [0.05, 0.1) is 0 Å². The summed E-state index contributed by atoms with van der Waals surface area (Å²) in [6.07, 6.45) is 0. The van der Waals surface area contributed by atoms with Gasteiger partial charge in [-0.3, -0.25) is 4.79 Å². The maximum atomic E-state index is 11.1. The molecule has 0 saturated heterocycles. The molecule has 0 heterocycles. The van der Waals surface area contributed by atoms with Gasteiger partial charge in [-0.25, -0.2) is 0 Å². The van der Waals surface area contributed by atoms with Crippen LogP contribution in [0.3, 0.4) is 0 Å². The zero-order chi connectivity index (χ0) is 10.6. The number of nitrogens with two attached hydrogens (primary N) is 1. The van der Waals surface area contributed by atoms with Crippen molar-refractivity contribution in [2.75, 3.05) is 6.61 Å². The monoisotopic (exact) mass is 247 g/mol. The second-order valence-corrected chi connectivity index (χ2v) is 5.51. The molecule has 0 aliphatic rings. The third-order valence-corrected chi connectivity index (χ3v) is 1.70. The Morgan fingerprint density at radius 3 is 2.23 bits per heavy atom. The first-order chi connectivity index (χ1) is 5.74. The predicted molar refractivity (Wildman–Crippen MR) is 54.1 cm³/mol. The zero-order valence-electron chi connectivity index (χ0n) is 7.39. The molecule has 0 rings (SSSR count). The van der Waals surface area contributed by atoms with Crippen LogP contribution >= 0.6 is 34.8 Å². The summed E-state index contributed by atoms with van der Waals surface area (Å²) in [5.41, 5.74) is 5.49. The summed E-state index contributed by atoms with van der Waals surface area (Å²) in [5.74, 6) is -0.552. The Hall–Kier alpha value is 0.300. The molecule has 0 saturated carbocycles. The van der Waals surface area contributed by atoms with Crippen molar-refractivity contribution < 1.29 is 9.53 Å². The van der Waals surface area contributed by atoms with Crippen LogP contribution in [0.1, 0.15) is 13.8 Å². The van der Waals surface area contributed by atoms with E-state index in [9.17, 15) is 4.79 Å². The Balaban J connectivity index is 3.89. The Labute approximate surface area is 92.5 Å². The van der Waals surface area contributed by atoms with Crippen molar-refractivity contribution >= 4 is 40.8 Å². The summed E-state index contributed by atoms with van der Waals surface area (Å²) in [7, 11) is 0.